The summed E-state index contributed by atoms with van der Waals surface area (Å²) in [5.41, 5.74) is 3.46. The zero-order valence-corrected chi connectivity index (χ0v) is 49.8. The van der Waals surface area contributed by atoms with Crippen LogP contribution in [0.4, 0.5) is 13.6 Å². The fraction of sp³-hybridized carbons (Fsp3) is 0.483. The van der Waals surface area contributed by atoms with Gasteiger partial charge in [-0.2, -0.15) is 8.78 Å². The Morgan fingerprint density at radius 1 is 0.895 bits per heavy atom. The van der Waals surface area contributed by atoms with Crippen LogP contribution in [0, 0.1) is 17.8 Å². The smallest absolute Gasteiger partial charge is 0.404 e. The van der Waals surface area contributed by atoms with E-state index in [-0.39, 0.29) is 78.1 Å². The highest BCUT2D eigenvalue weighted by Gasteiger charge is 2.51. The lowest BCUT2D eigenvalue weighted by atomic mass is 9.86. The number of thiophene rings is 1. The first kappa shape index (κ1) is 62.9. The lowest BCUT2D eigenvalue weighted by Gasteiger charge is -2.38. The highest BCUT2D eigenvalue weighted by molar-refractivity contribution is 7.52. The van der Waals surface area contributed by atoms with Gasteiger partial charge >= 0.3 is 19.4 Å². The Hall–Kier alpha value is -7.62. The topological polar surface area (TPSA) is 307 Å². The first-order chi connectivity index (χ1) is 40.7. The van der Waals surface area contributed by atoms with Gasteiger partial charge in [0.15, 0.2) is 0 Å². The number of piperidine rings is 2. The van der Waals surface area contributed by atoms with Gasteiger partial charge in [0.1, 0.15) is 36.8 Å². The third-order valence-corrected chi connectivity index (χ3v) is 18.9. The minimum Gasteiger partial charge on any atom is -0.447 e. The molecule has 5 aliphatic heterocycles. The predicted molar refractivity (Wildman–Crippen MR) is 311 cm³/mol. The van der Waals surface area contributed by atoms with Crippen LogP contribution in [0.25, 0.3) is 10.1 Å². The second-order valence-electron chi connectivity index (χ2n) is 23.8. The summed E-state index contributed by atoms with van der Waals surface area (Å²) in [4.78, 5) is 147. The van der Waals surface area contributed by atoms with Crippen LogP contribution in [0.15, 0.2) is 66.7 Å². The summed E-state index contributed by atoms with van der Waals surface area (Å²) in [6, 6.07) is 10.9. The Labute approximate surface area is 499 Å². The molecule has 9 rings (SSSR count). The Kier molecular flexibility index (Phi) is 18.8. The normalized spacial score (nSPS) is 21.3. The Bertz CT molecular complexity index is 3460. The van der Waals surface area contributed by atoms with Crippen molar-refractivity contribution < 1.29 is 71.0 Å². The molecule has 458 valence electrons. The first-order valence-corrected chi connectivity index (χ1v) is 31.1. The number of fused-ring (bicyclic) bond motifs is 3. The van der Waals surface area contributed by atoms with E-state index in [4.69, 9.17) is 10.5 Å². The third-order valence-electron chi connectivity index (χ3n) is 16.8. The van der Waals surface area contributed by atoms with Crippen LogP contribution in [-0.2, 0) is 62.1 Å². The van der Waals surface area contributed by atoms with E-state index in [1.165, 1.54) is 21.9 Å². The molecule has 8 N–H and O–H groups in total. The quantitative estimate of drug-likeness (QED) is 0.0466. The van der Waals surface area contributed by atoms with Crippen molar-refractivity contribution in [3.63, 3.8) is 0 Å². The van der Waals surface area contributed by atoms with Gasteiger partial charge in [-0.05, 0) is 122 Å². The number of primary amides is 1. The molecule has 3 aromatic carbocycles. The van der Waals surface area contributed by atoms with Crippen LogP contribution in [0.5, 0.6) is 0 Å². The zero-order chi connectivity index (χ0) is 62.0. The van der Waals surface area contributed by atoms with E-state index in [0.29, 0.717) is 67.6 Å². The van der Waals surface area contributed by atoms with E-state index < -0.39 is 97.3 Å². The number of imide groups is 1. The maximum absolute atomic E-state index is 14.7. The molecule has 1 unspecified atom stereocenters. The highest BCUT2D eigenvalue weighted by atomic mass is 32.1. The minimum absolute atomic E-state index is 0.0160. The van der Waals surface area contributed by atoms with E-state index in [1.807, 2.05) is 35.2 Å². The van der Waals surface area contributed by atoms with Crippen molar-refractivity contribution in [3.8, 4) is 11.8 Å². The van der Waals surface area contributed by atoms with Gasteiger partial charge < -0.3 is 55.8 Å². The molecule has 26 heteroatoms. The van der Waals surface area contributed by atoms with E-state index in [1.54, 1.807) is 24.1 Å². The number of nitrogens with two attached hydrogens (primary N) is 1. The molecule has 4 saturated heterocycles. The molecule has 6 heterocycles. The molecule has 1 aromatic heterocycles. The van der Waals surface area contributed by atoms with Crippen molar-refractivity contribution in [1.29, 1.82) is 0 Å². The van der Waals surface area contributed by atoms with E-state index in [2.05, 4.69) is 53.9 Å². The fourth-order valence-electron chi connectivity index (χ4n) is 11.9. The van der Waals surface area contributed by atoms with Crippen LogP contribution in [0.2, 0.25) is 0 Å². The average molecular weight is 1230 g/mol. The summed E-state index contributed by atoms with van der Waals surface area (Å²) < 4.78 is 46.2. The number of carbonyl (C=O) groups excluding carboxylic acids is 9. The maximum atomic E-state index is 14.7. The van der Waals surface area contributed by atoms with Crippen LogP contribution < -0.4 is 27.0 Å². The number of hydrogen-bond acceptors (Lipinski definition) is 13. The second-order valence-corrected chi connectivity index (χ2v) is 26.5. The number of ether oxygens (including phenoxy) is 1. The summed E-state index contributed by atoms with van der Waals surface area (Å²) in [5.74, 6) is 2.21. The first-order valence-electron chi connectivity index (χ1n) is 28.6. The summed E-state index contributed by atoms with van der Waals surface area (Å²) >= 11 is 0.912. The van der Waals surface area contributed by atoms with Gasteiger partial charge in [0.25, 0.3) is 11.8 Å². The van der Waals surface area contributed by atoms with Gasteiger partial charge in [-0.3, -0.25) is 48.2 Å². The second kappa shape index (κ2) is 25.8. The van der Waals surface area contributed by atoms with Crippen LogP contribution in [0.1, 0.15) is 126 Å². The molecule has 0 bridgehead atoms. The van der Waals surface area contributed by atoms with Crippen molar-refractivity contribution in [2.75, 3.05) is 39.8 Å². The van der Waals surface area contributed by atoms with Crippen molar-refractivity contribution in [2.24, 2.45) is 11.7 Å². The molecule has 86 heavy (non-hydrogen) atoms. The van der Waals surface area contributed by atoms with Gasteiger partial charge in [-0.15, -0.1) is 11.3 Å². The Morgan fingerprint density at radius 3 is 2.30 bits per heavy atom. The Balaban J connectivity index is 0.860. The SMILES string of the molecule is CN1CC[C@H]2CC[C@@H](C(=O)N[C@@H](COC(N)=O)C(=O)N[C@@H](Cc3ccc(C(C)(C)C)cc3)C(=O)N3CCC(CCC#Cc4cccc5c4CN(C4CCC(=O)NC4=O)C5=O)CC3)N2C(=O)[C@@H](NC(=O)c2cc3cc(C(F)(F)P(=O)(O)O)ccc3s2)C1. The fourth-order valence-corrected chi connectivity index (χ4v) is 13.3. The number of nitrogens with one attached hydrogen (secondary N) is 4. The van der Waals surface area contributed by atoms with E-state index in [9.17, 15) is 66.3 Å². The number of benzene rings is 3. The molecular weight excluding hydrogens is 1160 g/mol. The van der Waals surface area contributed by atoms with E-state index in [0.717, 1.165) is 46.6 Å². The third kappa shape index (κ3) is 14.1. The number of likely N-dealkylation sites (tertiary alicyclic amines) is 1. The van der Waals surface area contributed by atoms with Crippen molar-refractivity contribution in [2.45, 2.75) is 139 Å². The zero-order valence-electron chi connectivity index (χ0n) is 48.1. The molecular formula is C60H70F2N9O13PS. The summed E-state index contributed by atoms with van der Waals surface area (Å²) in [6.45, 7) is 6.92. The molecule has 0 aliphatic carbocycles. The molecule has 4 aromatic rings. The number of alkyl halides is 2. The molecule has 0 spiro atoms. The lowest BCUT2D eigenvalue weighted by Crippen LogP contribution is -2.62. The standard InChI is InChI=1S/C60H70F2N9O13PS/c1-59(2,3)38-14-12-35(13-15-38)28-43(56(78)69-26-22-34(23-27-69)8-5-6-9-36-10-7-11-41-42(36)31-70(55(41)77)46-19-21-50(72)67-52(46)74)64-51(73)45(33-84-58(63)80)66-53(75)47-18-17-40-24-25-68(4)32-44(57(79)71(40)47)65-54(76)49-30-37-29-39(16-20-48(37)86-49)60(61,62)85(81,82)83/h7,10-16,20,29-30,34,40,43-47H,5,8,17-19,21-28,31-33H2,1-4H3,(H2,63,80)(H,64,73)(H,65,76)(H,66,75)(H,67,72,74)(H2,81,82,83)/t40-,43+,44+,45+,46?,47+/m1/s1. The number of hydrogen-bond donors (Lipinski definition) is 7. The highest BCUT2D eigenvalue weighted by Crippen LogP contribution is 2.59. The summed E-state index contributed by atoms with van der Waals surface area (Å²) in [5, 5.41) is 10.7. The average Bonchev–Trinajstić information content (AvgIpc) is 2.18. The maximum Gasteiger partial charge on any atom is 0.404 e. The largest absolute Gasteiger partial charge is 0.447 e. The lowest BCUT2D eigenvalue weighted by molar-refractivity contribution is -0.144. The molecule has 9 amide bonds. The summed E-state index contributed by atoms with van der Waals surface area (Å²) in [7, 11) is -4.12. The number of likely N-dealkylation sites (N-methyl/N-ethyl adjacent to an activating group) is 1. The Morgan fingerprint density at radius 2 is 1.62 bits per heavy atom. The van der Waals surface area contributed by atoms with Crippen LogP contribution in [0.3, 0.4) is 0 Å². The van der Waals surface area contributed by atoms with Crippen LogP contribution in [-0.4, -0.2) is 159 Å². The van der Waals surface area contributed by atoms with Gasteiger partial charge in [-0.25, -0.2) is 4.79 Å². The summed E-state index contributed by atoms with van der Waals surface area (Å²) in [6.07, 6.45) is 2.79. The number of nitrogens with zero attached hydrogens (tertiary/aromatic N) is 4. The molecule has 4 fully saturated rings. The number of halogens is 2. The molecule has 22 nitrogen and oxygen atoms in total. The number of carbonyl (C=O) groups is 9. The van der Waals surface area contributed by atoms with Gasteiger partial charge in [0.05, 0.1) is 4.88 Å². The van der Waals surface area contributed by atoms with Gasteiger partial charge in [-0.1, -0.05) is 69.0 Å². The van der Waals surface area contributed by atoms with Crippen LogP contribution >= 0.6 is 18.9 Å². The van der Waals surface area contributed by atoms with E-state index >= 15 is 0 Å². The van der Waals surface area contributed by atoms with Crippen molar-refractivity contribution >= 4 is 82.4 Å². The van der Waals surface area contributed by atoms with Crippen molar-refractivity contribution in [3.05, 3.63) is 105 Å². The molecule has 0 radical (unpaired) electrons. The van der Waals surface area contributed by atoms with Gasteiger partial charge in [0.2, 0.25) is 35.4 Å². The van der Waals surface area contributed by atoms with Crippen molar-refractivity contribution in [1.82, 2.24) is 40.9 Å². The minimum atomic E-state index is -5.88. The molecule has 0 saturated carbocycles. The molecule has 5 aliphatic rings. The monoisotopic (exact) mass is 1230 g/mol. The number of amides is 9. The predicted octanol–water partition coefficient (Wildman–Crippen LogP) is 4.36. The molecule has 6 atom stereocenters. The van der Waals surface area contributed by atoms with Gasteiger partial charge in [0, 0.05) is 72.9 Å². The number of rotatable bonds is 16.